The molecule has 0 saturated heterocycles. The number of ether oxygens (including phenoxy) is 2. The van der Waals surface area contributed by atoms with Crippen molar-refractivity contribution in [3.63, 3.8) is 0 Å². The van der Waals surface area contributed by atoms with Crippen molar-refractivity contribution < 1.29 is 27.4 Å². The molecular weight excluding hydrogens is 277 g/mol. The highest BCUT2D eigenvalue weighted by atomic mass is 19.4. The molecule has 0 aliphatic heterocycles. The van der Waals surface area contributed by atoms with Gasteiger partial charge in [0.1, 0.15) is 0 Å². The molecular formula is C12H15F3N2O3. The molecule has 0 spiro atoms. The summed E-state index contributed by atoms with van der Waals surface area (Å²) in [6, 6.07) is 4.65. The summed E-state index contributed by atoms with van der Waals surface area (Å²) in [6.07, 6.45) is -4.34. The van der Waals surface area contributed by atoms with Crippen molar-refractivity contribution in [3.05, 3.63) is 18.2 Å². The molecule has 0 aliphatic carbocycles. The standard InChI is InChI=1S/C12H15F3N2O3/c1-19-9-4-3-8(5-10(9)20-2)17-11(18)6-16-7-12(13,14)15/h3-5,16H,6-7H2,1-2H3,(H,17,18). The third kappa shape index (κ3) is 5.35. The van der Waals surface area contributed by atoms with Gasteiger partial charge in [0.2, 0.25) is 5.91 Å². The van der Waals surface area contributed by atoms with Gasteiger partial charge in [-0.3, -0.25) is 4.79 Å². The molecule has 0 fully saturated rings. The summed E-state index contributed by atoms with van der Waals surface area (Å²) in [5.41, 5.74) is 0.404. The number of anilines is 1. The normalized spacial score (nSPS) is 11.1. The van der Waals surface area contributed by atoms with E-state index < -0.39 is 25.2 Å². The van der Waals surface area contributed by atoms with Crippen molar-refractivity contribution >= 4 is 11.6 Å². The van der Waals surface area contributed by atoms with Crippen molar-refractivity contribution in [1.29, 1.82) is 0 Å². The number of nitrogens with one attached hydrogen (secondary N) is 2. The summed E-state index contributed by atoms with van der Waals surface area (Å²) in [6.45, 7) is -1.65. The summed E-state index contributed by atoms with van der Waals surface area (Å²) >= 11 is 0. The topological polar surface area (TPSA) is 59.6 Å². The van der Waals surface area contributed by atoms with Gasteiger partial charge >= 0.3 is 6.18 Å². The number of benzene rings is 1. The zero-order valence-electron chi connectivity index (χ0n) is 11.0. The van der Waals surface area contributed by atoms with Crippen LogP contribution in [0.5, 0.6) is 11.5 Å². The Hall–Kier alpha value is -1.96. The van der Waals surface area contributed by atoms with Crippen LogP contribution in [0.2, 0.25) is 0 Å². The van der Waals surface area contributed by atoms with Gasteiger partial charge in [0, 0.05) is 11.8 Å². The van der Waals surface area contributed by atoms with E-state index in [9.17, 15) is 18.0 Å². The van der Waals surface area contributed by atoms with Gasteiger partial charge in [0.25, 0.3) is 0 Å². The number of methoxy groups -OCH3 is 2. The molecule has 1 amide bonds. The maximum absolute atomic E-state index is 11.9. The molecule has 8 heteroatoms. The van der Waals surface area contributed by atoms with Crippen molar-refractivity contribution in [1.82, 2.24) is 5.32 Å². The van der Waals surface area contributed by atoms with E-state index in [2.05, 4.69) is 5.32 Å². The van der Waals surface area contributed by atoms with Crippen LogP contribution < -0.4 is 20.1 Å². The lowest BCUT2D eigenvalue weighted by molar-refractivity contribution is -0.126. The molecule has 1 rings (SSSR count). The summed E-state index contributed by atoms with van der Waals surface area (Å²) < 4.78 is 45.7. The van der Waals surface area contributed by atoms with Crippen LogP contribution in [0.25, 0.3) is 0 Å². The van der Waals surface area contributed by atoms with Crippen molar-refractivity contribution in [2.45, 2.75) is 6.18 Å². The number of carbonyl (C=O) groups is 1. The summed E-state index contributed by atoms with van der Waals surface area (Å²) in [5, 5.41) is 4.45. The number of carbonyl (C=O) groups excluding carboxylic acids is 1. The van der Waals surface area contributed by atoms with Gasteiger partial charge in [-0.1, -0.05) is 0 Å². The predicted octanol–water partition coefficient (Wildman–Crippen LogP) is 1.79. The Labute approximate surface area is 114 Å². The number of hydrogen-bond donors (Lipinski definition) is 2. The van der Waals surface area contributed by atoms with E-state index in [0.29, 0.717) is 17.2 Å². The molecule has 1 aromatic rings. The molecule has 0 heterocycles. The Balaban J connectivity index is 2.54. The van der Waals surface area contributed by atoms with Gasteiger partial charge in [-0.05, 0) is 12.1 Å². The van der Waals surface area contributed by atoms with E-state index in [4.69, 9.17) is 9.47 Å². The zero-order valence-corrected chi connectivity index (χ0v) is 11.0. The average molecular weight is 292 g/mol. The third-order valence-electron chi connectivity index (χ3n) is 2.28. The maximum atomic E-state index is 11.9. The minimum absolute atomic E-state index is 0.404. The van der Waals surface area contributed by atoms with Gasteiger partial charge in [-0.2, -0.15) is 13.2 Å². The first kappa shape index (κ1) is 16.1. The zero-order chi connectivity index (χ0) is 15.2. The van der Waals surface area contributed by atoms with E-state index in [1.165, 1.54) is 20.3 Å². The third-order valence-corrected chi connectivity index (χ3v) is 2.28. The number of alkyl halides is 3. The Kier molecular flexibility index (Phi) is 5.63. The first-order chi connectivity index (χ1) is 9.35. The Bertz CT molecular complexity index is 464. The molecule has 0 aliphatic rings. The highest BCUT2D eigenvalue weighted by molar-refractivity contribution is 5.92. The van der Waals surface area contributed by atoms with Gasteiger partial charge in [-0.25, -0.2) is 0 Å². The van der Waals surface area contributed by atoms with Gasteiger partial charge in [0.05, 0.1) is 27.3 Å². The van der Waals surface area contributed by atoms with E-state index in [-0.39, 0.29) is 0 Å². The second-order valence-corrected chi connectivity index (χ2v) is 3.84. The van der Waals surface area contributed by atoms with Gasteiger partial charge in [-0.15, -0.1) is 0 Å². The molecule has 0 saturated carbocycles. The second kappa shape index (κ2) is 6.99. The number of hydrogen-bond acceptors (Lipinski definition) is 4. The van der Waals surface area contributed by atoms with Crippen LogP contribution in [0.4, 0.5) is 18.9 Å². The number of amides is 1. The Morgan fingerprint density at radius 2 is 1.85 bits per heavy atom. The smallest absolute Gasteiger partial charge is 0.401 e. The van der Waals surface area contributed by atoms with Crippen molar-refractivity contribution in [2.75, 3.05) is 32.6 Å². The van der Waals surface area contributed by atoms with Crippen LogP contribution >= 0.6 is 0 Å². The highest BCUT2D eigenvalue weighted by Gasteiger charge is 2.26. The predicted molar refractivity (Wildman–Crippen MR) is 67.1 cm³/mol. The van der Waals surface area contributed by atoms with Gasteiger partial charge < -0.3 is 20.1 Å². The quantitative estimate of drug-likeness (QED) is 0.839. The molecule has 0 aromatic heterocycles. The lowest BCUT2D eigenvalue weighted by Crippen LogP contribution is -2.35. The average Bonchev–Trinajstić information content (AvgIpc) is 2.37. The summed E-state index contributed by atoms with van der Waals surface area (Å²) in [5.74, 6) is 0.315. The van der Waals surface area contributed by atoms with Gasteiger partial charge in [0.15, 0.2) is 11.5 Å². The fourth-order valence-electron chi connectivity index (χ4n) is 1.44. The summed E-state index contributed by atoms with van der Waals surface area (Å²) in [7, 11) is 2.91. The Morgan fingerprint density at radius 3 is 2.40 bits per heavy atom. The highest BCUT2D eigenvalue weighted by Crippen LogP contribution is 2.29. The van der Waals surface area contributed by atoms with Crippen LogP contribution in [0.3, 0.4) is 0 Å². The number of rotatable bonds is 6. The largest absolute Gasteiger partial charge is 0.493 e. The van der Waals surface area contributed by atoms with Crippen molar-refractivity contribution in [3.8, 4) is 11.5 Å². The lowest BCUT2D eigenvalue weighted by Gasteiger charge is -2.11. The maximum Gasteiger partial charge on any atom is 0.401 e. The Morgan fingerprint density at radius 1 is 1.20 bits per heavy atom. The molecule has 0 radical (unpaired) electrons. The van der Waals surface area contributed by atoms with E-state index in [0.717, 1.165) is 0 Å². The molecule has 20 heavy (non-hydrogen) atoms. The molecule has 1 aromatic carbocycles. The summed E-state index contributed by atoms with van der Waals surface area (Å²) in [4.78, 5) is 11.4. The molecule has 0 atom stereocenters. The van der Waals surface area contributed by atoms with Crippen LogP contribution in [0.1, 0.15) is 0 Å². The minimum atomic E-state index is -4.34. The van der Waals surface area contributed by atoms with Crippen LogP contribution in [0.15, 0.2) is 18.2 Å². The molecule has 2 N–H and O–H groups in total. The first-order valence-corrected chi connectivity index (χ1v) is 5.65. The van der Waals surface area contributed by atoms with E-state index >= 15 is 0 Å². The number of halogens is 3. The minimum Gasteiger partial charge on any atom is -0.493 e. The van der Waals surface area contributed by atoms with Crippen LogP contribution in [0, 0.1) is 0 Å². The van der Waals surface area contributed by atoms with E-state index in [1.807, 2.05) is 5.32 Å². The van der Waals surface area contributed by atoms with Crippen LogP contribution in [-0.4, -0.2) is 39.4 Å². The lowest BCUT2D eigenvalue weighted by atomic mass is 10.2. The SMILES string of the molecule is COc1ccc(NC(=O)CNCC(F)(F)F)cc1OC. The second-order valence-electron chi connectivity index (χ2n) is 3.84. The molecule has 0 unspecified atom stereocenters. The first-order valence-electron chi connectivity index (χ1n) is 5.65. The van der Waals surface area contributed by atoms with Crippen molar-refractivity contribution in [2.24, 2.45) is 0 Å². The van der Waals surface area contributed by atoms with E-state index in [1.54, 1.807) is 12.1 Å². The molecule has 112 valence electrons. The fraction of sp³-hybridized carbons (Fsp3) is 0.417. The molecule has 0 bridgehead atoms. The fourth-order valence-corrected chi connectivity index (χ4v) is 1.44. The molecule has 5 nitrogen and oxygen atoms in total. The van der Waals surface area contributed by atoms with Crippen LogP contribution in [-0.2, 0) is 4.79 Å². The monoisotopic (exact) mass is 292 g/mol.